The van der Waals surface area contributed by atoms with Crippen molar-refractivity contribution in [2.75, 3.05) is 53.8 Å². The first-order chi connectivity index (χ1) is 52.8. The number of hydrogen-bond donors (Lipinski definition) is 0. The number of fused-ring (bicyclic) bond motifs is 8. The lowest BCUT2D eigenvalue weighted by Crippen LogP contribution is -2.24. The fraction of sp³-hybridized carbons (Fsp3) is 0.385. The van der Waals surface area contributed by atoms with E-state index in [1.165, 1.54) is 15.4 Å². The van der Waals surface area contributed by atoms with Crippen molar-refractivity contribution < 1.29 is 87.9 Å². The van der Waals surface area contributed by atoms with Gasteiger partial charge in [-0.05, 0) is 131 Å². The quantitative estimate of drug-likeness (QED) is 0.0352. The molecular formula is C78H71ClF14N12O6S2. The minimum Gasteiger partial charge on any atom is -0.299 e. The van der Waals surface area contributed by atoms with Crippen molar-refractivity contribution in [2.24, 2.45) is 25.9 Å². The van der Waals surface area contributed by atoms with Gasteiger partial charge in [-0.1, -0.05) is 59.8 Å². The Kier molecular flexibility index (Phi) is 22.8. The van der Waals surface area contributed by atoms with E-state index in [1.54, 1.807) is 68.7 Å². The van der Waals surface area contributed by atoms with Gasteiger partial charge in [-0.2, -0.15) is 64.3 Å². The molecule has 2 saturated carbocycles. The molecule has 4 aromatic carbocycles. The van der Waals surface area contributed by atoms with E-state index in [4.69, 9.17) is 23.0 Å². The number of rotatable bonds is 22. The van der Waals surface area contributed by atoms with Gasteiger partial charge in [0, 0.05) is 119 Å². The Morgan fingerprint density at radius 1 is 0.575 bits per heavy atom. The molecule has 4 aliphatic rings. The van der Waals surface area contributed by atoms with Crippen molar-refractivity contribution in [3.8, 4) is 46.4 Å². The number of halogens is 15. The number of benzene rings is 4. The summed E-state index contributed by atoms with van der Waals surface area (Å²) in [5, 5.41) is 16.8. The highest BCUT2D eigenvalue weighted by Crippen LogP contribution is 2.70. The van der Waals surface area contributed by atoms with Crippen molar-refractivity contribution in [3.63, 3.8) is 0 Å². The van der Waals surface area contributed by atoms with Crippen LogP contribution in [0.3, 0.4) is 0 Å². The first-order valence-corrected chi connectivity index (χ1v) is 39.5. The third kappa shape index (κ3) is 17.9. The molecule has 18 nitrogen and oxygen atoms in total. The minimum atomic E-state index is -5.03. The van der Waals surface area contributed by atoms with E-state index >= 15 is 17.6 Å². The van der Waals surface area contributed by atoms with Crippen molar-refractivity contribution in [1.29, 1.82) is 0 Å². The maximum atomic E-state index is 15.4. The first-order valence-electron chi connectivity index (χ1n) is 35.0. The van der Waals surface area contributed by atoms with Gasteiger partial charge in [-0.3, -0.25) is 38.1 Å². The van der Waals surface area contributed by atoms with E-state index in [1.807, 2.05) is 38.0 Å². The Bertz CT molecular complexity index is 5760. The van der Waals surface area contributed by atoms with Gasteiger partial charge in [0.15, 0.2) is 42.6 Å². The number of ketones is 2. The number of pyridine rings is 2. The molecule has 2 fully saturated rings. The lowest BCUT2D eigenvalue weighted by Gasteiger charge is -2.21. The molecule has 0 aliphatic heterocycles. The van der Waals surface area contributed by atoms with Gasteiger partial charge in [-0.25, -0.2) is 44.4 Å². The molecule has 0 saturated heterocycles. The molecule has 0 radical (unpaired) electrons. The smallest absolute Gasteiger partial charge is 0.299 e. The van der Waals surface area contributed by atoms with Crippen LogP contribution in [-0.2, 0) is 105 Å². The van der Waals surface area contributed by atoms with E-state index in [-0.39, 0.29) is 81.9 Å². The molecule has 6 atom stereocenters. The molecular weight excluding hydrogens is 1570 g/mol. The highest BCUT2D eigenvalue weighted by atomic mass is 35.5. The molecule has 6 aromatic heterocycles. The largest absolute Gasteiger partial charge is 0.435 e. The summed E-state index contributed by atoms with van der Waals surface area (Å²) in [5.74, 6) is -11.4. The fourth-order valence-electron chi connectivity index (χ4n) is 15.3. The van der Waals surface area contributed by atoms with Crippen LogP contribution in [-0.4, -0.2) is 141 Å². The Morgan fingerprint density at radius 2 is 0.973 bits per heavy atom. The molecule has 0 unspecified atom stereocenters. The third-order valence-corrected chi connectivity index (χ3v) is 21.5. The minimum absolute atomic E-state index is 0.0230. The highest BCUT2D eigenvalue weighted by Gasteiger charge is 2.69. The number of hydrogen-bond acceptors (Lipinski definition) is 14. The zero-order valence-electron chi connectivity index (χ0n) is 61.6. The van der Waals surface area contributed by atoms with Gasteiger partial charge in [0.2, 0.25) is 0 Å². The Hall–Kier alpha value is -9.87. The number of Topliss-reactive ketones (excluding diaryl/α,β-unsaturated/α-hetero) is 2. The number of carbonyl (C=O) groups is 2. The fourth-order valence-corrected chi connectivity index (χ4v) is 16.8. The summed E-state index contributed by atoms with van der Waals surface area (Å²) in [7, 11) is 3.77. The molecule has 35 heteroatoms. The van der Waals surface area contributed by atoms with Crippen LogP contribution >= 0.6 is 11.6 Å². The molecule has 0 bridgehead atoms. The monoisotopic (exact) mass is 1640 g/mol. The number of aryl methyl sites for hydroxylation is 2. The third-order valence-electron chi connectivity index (χ3n) is 19.7. The van der Waals surface area contributed by atoms with Crippen molar-refractivity contribution in [1.82, 2.24) is 58.9 Å². The molecule has 4 aliphatic carbocycles. The van der Waals surface area contributed by atoms with Crippen LogP contribution in [0.15, 0.2) is 97.1 Å². The predicted octanol–water partition coefficient (Wildman–Crippen LogP) is 14.5. The van der Waals surface area contributed by atoms with Gasteiger partial charge in [0.25, 0.3) is 11.8 Å². The molecule has 113 heavy (non-hydrogen) atoms. The maximum Gasteiger partial charge on any atom is 0.435 e. The topological polar surface area (TPSA) is 206 Å². The predicted molar refractivity (Wildman–Crippen MR) is 392 cm³/mol. The zero-order valence-corrected chi connectivity index (χ0v) is 64.0. The van der Waals surface area contributed by atoms with Gasteiger partial charge >= 0.3 is 12.4 Å². The zero-order chi connectivity index (χ0) is 82.3. The number of nitrogens with zero attached hydrogens (tertiary/aromatic N) is 12. The van der Waals surface area contributed by atoms with Gasteiger partial charge in [0.05, 0.1) is 58.4 Å². The Labute approximate surface area is 644 Å². The number of sulfone groups is 2. The van der Waals surface area contributed by atoms with E-state index < -0.39 is 174 Å². The number of para-hydroxylation sites is 2. The summed E-state index contributed by atoms with van der Waals surface area (Å²) in [6.07, 6.45) is -4.65. The summed E-state index contributed by atoms with van der Waals surface area (Å²) >= 11 is 6.35. The van der Waals surface area contributed by atoms with Crippen LogP contribution in [0, 0.1) is 59.3 Å². The van der Waals surface area contributed by atoms with E-state index in [0.29, 0.717) is 72.1 Å². The number of alkyl halides is 10. The van der Waals surface area contributed by atoms with E-state index in [9.17, 15) is 70.3 Å². The Morgan fingerprint density at radius 3 is 1.35 bits per heavy atom. The maximum absolute atomic E-state index is 15.4. The summed E-state index contributed by atoms with van der Waals surface area (Å²) in [5.41, 5.74) is -1.66. The summed E-state index contributed by atoms with van der Waals surface area (Å²) in [4.78, 5) is 40.8. The molecule has 0 amide bonds. The average molecular weight is 1640 g/mol. The molecule has 596 valence electrons. The van der Waals surface area contributed by atoms with Crippen LogP contribution in [0.1, 0.15) is 123 Å². The van der Waals surface area contributed by atoms with Crippen LogP contribution in [0.4, 0.5) is 61.5 Å². The van der Waals surface area contributed by atoms with Crippen molar-refractivity contribution in [2.45, 2.75) is 111 Å². The molecule has 14 rings (SSSR count). The summed E-state index contributed by atoms with van der Waals surface area (Å²) < 4.78 is 256. The van der Waals surface area contributed by atoms with Crippen molar-refractivity contribution >= 4 is 64.6 Å². The number of carbonyl (C=O) groups excluding carboxylic acids is 2. The Balaban J connectivity index is 0.000000196. The highest BCUT2D eigenvalue weighted by molar-refractivity contribution is 7.90. The van der Waals surface area contributed by atoms with Crippen molar-refractivity contribution in [3.05, 3.63) is 199 Å². The molecule has 0 N–H and O–H groups in total. The molecule has 10 aromatic rings. The lowest BCUT2D eigenvalue weighted by molar-refractivity contribution is -0.143. The lowest BCUT2D eigenvalue weighted by atomic mass is 9.86. The number of aromatic nitrogens is 10. The van der Waals surface area contributed by atoms with Gasteiger partial charge in [-0.15, -0.1) is 6.42 Å². The van der Waals surface area contributed by atoms with Crippen LogP contribution in [0.25, 0.3) is 44.1 Å². The second-order valence-corrected chi connectivity index (χ2v) is 34.0. The average Bonchev–Trinajstić information content (AvgIpc) is 1.52. The SMILES string of the molecule is C#CCN(C)C.CN(C)CC#Cc1ccc(-c2cccc3c(CS(C)(=O)=O)nn(C)c23)c([C@@H](CC(=O)Cn2nc(C(F)(F)F)c3c2C(F)(F)[C@@H]2C[C@H]32)Cc2cc(F)cc(F)c2)n1.Cn1nc(CS(C)(=O)=O)c2cccc(-c3ccc(Cl)nc3[C@@H](CC(=O)Cn3nc(C(F)(F)F)c4c3C(F)(F)[C@@H]3C[C@H]43)Cc3cc(F)cc(F)c3)c21. The van der Waals surface area contributed by atoms with E-state index in [0.717, 1.165) is 43.3 Å². The van der Waals surface area contributed by atoms with E-state index in [2.05, 4.69) is 43.1 Å². The second kappa shape index (κ2) is 31.1. The second-order valence-electron chi connectivity index (χ2n) is 29.4. The normalized spacial score (nSPS) is 17.6. The van der Waals surface area contributed by atoms with Crippen LogP contribution in [0.5, 0.6) is 0 Å². The first kappa shape index (κ1) is 82.6. The number of terminal acetylenes is 1. The molecule has 0 spiro atoms. The van der Waals surface area contributed by atoms with Crippen LogP contribution in [0.2, 0.25) is 5.15 Å². The molecule has 6 heterocycles. The standard InChI is InChI=1S/C39H35F7N6O3S.C34H27ClF7N5O3S.C5H9N/c1-50(2)12-6-7-25-10-11-27(28-8-5-9-29-32(20-56(4,54)55)48-51(3)35(28)29)34(47-25)22(13-21-14-23(40)17-24(41)15-21)16-26(53)19-52-37-33(36(49-52)39(44,45)46)30-18-31(30)38(37,42)43;1-46-30-22(4-3-5-23(30)26(44-46)15-51(2,49)50)21-6-7-27(35)43-29(21)17(8-16-9-18(36)12-19(37)10-16)11-20(48)14-47-32-28(31(45-47)34(40,41)42)24-13-25(24)33(32,38)39;1-4-5-6(2)3/h5,8-11,14-15,17,22,30-31H,12-13,16,18-20H2,1-4H3;3-7,9-10,12,17,24-25H,8,11,13-15H2,1-2H3;1H,5H2,2-3H3/t22-,30+,31-;17-,24+,25-;/m11./s1. The van der Waals surface area contributed by atoms with Gasteiger partial charge < -0.3 is 0 Å². The summed E-state index contributed by atoms with van der Waals surface area (Å²) in [6.45, 7) is -0.754. The van der Waals surface area contributed by atoms with Crippen LogP contribution < -0.4 is 0 Å². The van der Waals surface area contributed by atoms with Gasteiger partial charge in [0.1, 0.15) is 58.6 Å². The summed E-state index contributed by atoms with van der Waals surface area (Å²) in [6, 6.07) is 22.1.